The van der Waals surface area contributed by atoms with E-state index in [0.29, 0.717) is 0 Å². The van der Waals surface area contributed by atoms with Crippen LogP contribution < -0.4 is 14.8 Å². The Morgan fingerprint density at radius 3 is 2.47 bits per heavy atom. The zero-order chi connectivity index (χ0) is 12.7. The maximum atomic E-state index is 5.28. The zero-order valence-electron chi connectivity index (χ0n) is 10.4. The highest BCUT2D eigenvalue weighted by atomic mass is 79.9. The highest BCUT2D eigenvalue weighted by Gasteiger charge is 2.08. The lowest BCUT2D eigenvalue weighted by atomic mass is 10.2. The Bertz CT molecular complexity index is 361. The summed E-state index contributed by atoms with van der Waals surface area (Å²) in [6.45, 7) is 1.82. The molecule has 1 aromatic carbocycles. The third-order valence-electron chi connectivity index (χ3n) is 2.35. The SMILES string of the molecule is COc1cc(Br)c(CNCCSC)cc1OC. The molecule has 0 bridgehead atoms. The van der Waals surface area contributed by atoms with Crippen molar-refractivity contribution < 1.29 is 9.47 Å². The van der Waals surface area contributed by atoms with Crippen LogP contribution >= 0.6 is 27.7 Å². The molecule has 1 aromatic rings. The molecular weight excluding hydrogens is 302 g/mol. The van der Waals surface area contributed by atoms with Crippen molar-refractivity contribution in [2.75, 3.05) is 32.8 Å². The molecule has 5 heteroatoms. The molecule has 0 heterocycles. The Morgan fingerprint density at radius 2 is 1.88 bits per heavy atom. The van der Waals surface area contributed by atoms with Crippen LogP contribution in [0.4, 0.5) is 0 Å². The lowest BCUT2D eigenvalue weighted by molar-refractivity contribution is 0.354. The van der Waals surface area contributed by atoms with Gasteiger partial charge in [0.05, 0.1) is 14.2 Å². The van der Waals surface area contributed by atoms with Crippen LogP contribution in [0.5, 0.6) is 11.5 Å². The van der Waals surface area contributed by atoms with E-state index >= 15 is 0 Å². The first kappa shape index (κ1) is 14.7. The topological polar surface area (TPSA) is 30.5 Å². The Balaban J connectivity index is 2.71. The molecule has 0 aromatic heterocycles. The Labute approximate surface area is 115 Å². The minimum atomic E-state index is 0.743. The first-order chi connectivity index (χ1) is 8.22. The van der Waals surface area contributed by atoms with Gasteiger partial charge in [-0.25, -0.2) is 0 Å². The van der Waals surface area contributed by atoms with E-state index in [0.717, 1.165) is 34.8 Å². The van der Waals surface area contributed by atoms with Gasteiger partial charge in [-0.3, -0.25) is 0 Å². The van der Waals surface area contributed by atoms with Crippen LogP contribution in [0, 0.1) is 0 Å². The summed E-state index contributed by atoms with van der Waals surface area (Å²) in [4.78, 5) is 0. The lowest BCUT2D eigenvalue weighted by Crippen LogP contribution is -2.16. The summed E-state index contributed by atoms with van der Waals surface area (Å²) in [5.74, 6) is 2.62. The van der Waals surface area contributed by atoms with E-state index in [-0.39, 0.29) is 0 Å². The van der Waals surface area contributed by atoms with E-state index in [1.54, 1.807) is 14.2 Å². The molecule has 0 unspecified atom stereocenters. The predicted octanol–water partition coefficient (Wildman–Crippen LogP) is 2.92. The minimum Gasteiger partial charge on any atom is -0.493 e. The summed E-state index contributed by atoms with van der Waals surface area (Å²) in [5, 5.41) is 3.39. The van der Waals surface area contributed by atoms with Gasteiger partial charge in [-0.2, -0.15) is 11.8 Å². The molecule has 0 aliphatic rings. The molecule has 17 heavy (non-hydrogen) atoms. The number of hydrogen-bond acceptors (Lipinski definition) is 4. The van der Waals surface area contributed by atoms with Gasteiger partial charge >= 0.3 is 0 Å². The first-order valence-electron chi connectivity index (χ1n) is 5.33. The molecule has 0 fully saturated rings. The van der Waals surface area contributed by atoms with Crippen LogP contribution in [0.1, 0.15) is 5.56 Å². The van der Waals surface area contributed by atoms with E-state index in [9.17, 15) is 0 Å². The van der Waals surface area contributed by atoms with Crippen molar-refractivity contribution >= 4 is 27.7 Å². The number of rotatable bonds is 7. The van der Waals surface area contributed by atoms with Gasteiger partial charge in [-0.1, -0.05) is 15.9 Å². The van der Waals surface area contributed by atoms with Gasteiger partial charge in [-0.15, -0.1) is 0 Å². The molecule has 3 nitrogen and oxygen atoms in total. The van der Waals surface area contributed by atoms with Gasteiger partial charge in [0.1, 0.15) is 0 Å². The number of thioether (sulfide) groups is 1. The van der Waals surface area contributed by atoms with E-state index < -0.39 is 0 Å². The van der Waals surface area contributed by atoms with Gasteiger partial charge in [0, 0.05) is 23.3 Å². The van der Waals surface area contributed by atoms with Crippen LogP contribution in [0.2, 0.25) is 0 Å². The monoisotopic (exact) mass is 319 g/mol. The number of ether oxygens (including phenoxy) is 2. The van der Waals surface area contributed by atoms with Crippen molar-refractivity contribution in [1.29, 1.82) is 0 Å². The van der Waals surface area contributed by atoms with Crippen LogP contribution in [0.25, 0.3) is 0 Å². The summed E-state index contributed by atoms with van der Waals surface area (Å²) in [6.07, 6.45) is 2.11. The van der Waals surface area contributed by atoms with E-state index in [4.69, 9.17) is 9.47 Å². The van der Waals surface area contributed by atoms with Crippen molar-refractivity contribution in [3.63, 3.8) is 0 Å². The number of benzene rings is 1. The Morgan fingerprint density at radius 1 is 1.24 bits per heavy atom. The number of nitrogens with one attached hydrogen (secondary N) is 1. The molecule has 0 saturated carbocycles. The molecule has 1 N–H and O–H groups in total. The maximum Gasteiger partial charge on any atom is 0.161 e. The third-order valence-corrected chi connectivity index (χ3v) is 3.70. The van der Waals surface area contributed by atoms with E-state index in [2.05, 4.69) is 27.5 Å². The summed E-state index contributed by atoms with van der Waals surface area (Å²) in [5.41, 5.74) is 1.17. The highest BCUT2D eigenvalue weighted by Crippen LogP contribution is 2.33. The smallest absolute Gasteiger partial charge is 0.161 e. The quantitative estimate of drug-likeness (QED) is 0.783. The van der Waals surface area contributed by atoms with Gasteiger partial charge in [0.2, 0.25) is 0 Å². The molecule has 96 valence electrons. The fourth-order valence-electron chi connectivity index (χ4n) is 1.43. The largest absolute Gasteiger partial charge is 0.493 e. The van der Waals surface area contributed by atoms with Crippen molar-refractivity contribution in [2.45, 2.75) is 6.54 Å². The van der Waals surface area contributed by atoms with Gasteiger partial charge in [0.25, 0.3) is 0 Å². The first-order valence-corrected chi connectivity index (χ1v) is 7.51. The van der Waals surface area contributed by atoms with Crippen LogP contribution in [0.15, 0.2) is 16.6 Å². The average Bonchev–Trinajstić information content (AvgIpc) is 2.35. The average molecular weight is 320 g/mol. The molecule has 0 saturated heterocycles. The Hall–Kier alpha value is -0.390. The van der Waals surface area contributed by atoms with E-state index in [1.165, 1.54) is 5.56 Å². The second-order valence-corrected chi connectivity index (χ2v) is 5.31. The molecule has 0 aliphatic carbocycles. The van der Waals surface area contributed by atoms with Crippen molar-refractivity contribution in [3.8, 4) is 11.5 Å². The fraction of sp³-hybridized carbons (Fsp3) is 0.500. The molecule has 0 atom stereocenters. The maximum absolute atomic E-state index is 5.28. The number of methoxy groups -OCH3 is 2. The Kier molecular flexibility index (Phi) is 6.77. The zero-order valence-corrected chi connectivity index (χ0v) is 12.8. The second kappa shape index (κ2) is 7.84. The predicted molar refractivity (Wildman–Crippen MR) is 77.3 cm³/mol. The number of halogens is 1. The van der Waals surface area contributed by atoms with Gasteiger partial charge in [-0.05, 0) is 24.0 Å². The molecule has 0 amide bonds. The second-order valence-electron chi connectivity index (χ2n) is 3.47. The van der Waals surface area contributed by atoms with Gasteiger partial charge in [0.15, 0.2) is 11.5 Å². The standard InChI is InChI=1S/C12H18BrNO2S/c1-15-11-6-9(8-14-4-5-17-3)10(13)7-12(11)16-2/h6-7,14H,4-5,8H2,1-3H3. The molecule has 0 aliphatic heterocycles. The highest BCUT2D eigenvalue weighted by molar-refractivity contribution is 9.10. The van der Waals surface area contributed by atoms with Crippen LogP contribution in [-0.4, -0.2) is 32.8 Å². The van der Waals surface area contributed by atoms with Crippen molar-refractivity contribution in [2.24, 2.45) is 0 Å². The number of hydrogen-bond donors (Lipinski definition) is 1. The summed E-state index contributed by atoms with van der Waals surface area (Å²) >= 11 is 5.38. The molecular formula is C12H18BrNO2S. The fourth-order valence-corrected chi connectivity index (χ4v) is 2.24. The molecule has 0 radical (unpaired) electrons. The van der Waals surface area contributed by atoms with E-state index in [1.807, 2.05) is 23.9 Å². The lowest BCUT2D eigenvalue weighted by Gasteiger charge is -2.12. The van der Waals surface area contributed by atoms with Crippen molar-refractivity contribution in [3.05, 3.63) is 22.2 Å². The molecule has 0 spiro atoms. The minimum absolute atomic E-state index is 0.743. The van der Waals surface area contributed by atoms with Crippen LogP contribution in [-0.2, 0) is 6.54 Å². The van der Waals surface area contributed by atoms with Gasteiger partial charge < -0.3 is 14.8 Å². The van der Waals surface area contributed by atoms with Crippen LogP contribution in [0.3, 0.4) is 0 Å². The summed E-state index contributed by atoms with van der Waals surface area (Å²) in [6, 6.07) is 3.93. The molecule has 1 rings (SSSR count). The normalized spacial score (nSPS) is 10.4. The van der Waals surface area contributed by atoms with Crippen molar-refractivity contribution in [1.82, 2.24) is 5.32 Å². The third kappa shape index (κ3) is 4.41. The summed E-state index contributed by atoms with van der Waals surface area (Å²) < 4.78 is 11.6. The summed E-state index contributed by atoms with van der Waals surface area (Å²) in [7, 11) is 3.29.